The third-order valence-electron chi connectivity index (χ3n) is 4.00. The third kappa shape index (κ3) is 4.54. The number of nitrogens with two attached hydrogens (primary N) is 2. The topological polar surface area (TPSA) is 107 Å². The van der Waals surface area contributed by atoms with Crippen LogP contribution in [0.1, 0.15) is 28.8 Å². The summed E-state index contributed by atoms with van der Waals surface area (Å²) in [7, 11) is 0. The second kappa shape index (κ2) is 7.91. The van der Waals surface area contributed by atoms with Gasteiger partial charge in [0.15, 0.2) is 0 Å². The fourth-order valence-corrected chi connectivity index (χ4v) is 2.62. The van der Waals surface area contributed by atoms with Gasteiger partial charge in [0.2, 0.25) is 11.8 Å². The first-order chi connectivity index (χ1) is 10.6. The molecule has 5 N–H and O–H groups in total. The van der Waals surface area contributed by atoms with Crippen LogP contribution in [0.4, 0.5) is 0 Å². The molecule has 1 aliphatic heterocycles. The molecule has 0 spiro atoms. The summed E-state index contributed by atoms with van der Waals surface area (Å²) in [4.78, 5) is 23.2. The average molecular weight is 305 g/mol. The Balaban J connectivity index is 1.79. The van der Waals surface area contributed by atoms with Gasteiger partial charge >= 0.3 is 0 Å². The van der Waals surface area contributed by atoms with E-state index in [0.717, 1.165) is 18.4 Å². The van der Waals surface area contributed by atoms with Crippen LogP contribution in [0.25, 0.3) is 0 Å². The molecule has 120 valence electrons. The highest BCUT2D eigenvalue weighted by molar-refractivity contribution is 5.92. The summed E-state index contributed by atoms with van der Waals surface area (Å²) >= 11 is 0. The Morgan fingerprint density at radius 1 is 1.32 bits per heavy atom. The first-order valence-electron chi connectivity index (χ1n) is 7.57. The Bertz CT molecular complexity index is 527. The molecule has 1 aromatic carbocycles. The quantitative estimate of drug-likeness (QED) is 0.697. The van der Waals surface area contributed by atoms with Crippen molar-refractivity contribution in [3.63, 3.8) is 0 Å². The molecular formula is C16H23N3O3. The van der Waals surface area contributed by atoms with Crippen LogP contribution in [0.15, 0.2) is 24.3 Å². The maximum absolute atomic E-state index is 12.1. The van der Waals surface area contributed by atoms with E-state index in [2.05, 4.69) is 5.32 Å². The van der Waals surface area contributed by atoms with Gasteiger partial charge in [-0.25, -0.2) is 0 Å². The predicted molar refractivity (Wildman–Crippen MR) is 83.2 cm³/mol. The second-order valence-electron chi connectivity index (χ2n) is 5.58. The Kier molecular flexibility index (Phi) is 5.91. The lowest BCUT2D eigenvalue weighted by Gasteiger charge is -2.26. The Hall–Kier alpha value is -1.92. The van der Waals surface area contributed by atoms with Gasteiger partial charge < -0.3 is 21.5 Å². The molecule has 0 aliphatic carbocycles. The Morgan fingerprint density at radius 3 is 2.73 bits per heavy atom. The number of benzene rings is 1. The van der Waals surface area contributed by atoms with E-state index < -0.39 is 11.9 Å². The lowest BCUT2D eigenvalue weighted by atomic mass is 9.92. The highest BCUT2D eigenvalue weighted by Crippen LogP contribution is 2.17. The molecule has 6 nitrogen and oxygen atoms in total. The van der Waals surface area contributed by atoms with E-state index in [9.17, 15) is 9.59 Å². The molecule has 0 saturated carbocycles. The lowest BCUT2D eigenvalue weighted by Crippen LogP contribution is -2.47. The molecule has 6 heteroatoms. The van der Waals surface area contributed by atoms with Crippen molar-refractivity contribution >= 4 is 11.8 Å². The van der Waals surface area contributed by atoms with E-state index in [-0.39, 0.29) is 11.8 Å². The van der Waals surface area contributed by atoms with E-state index >= 15 is 0 Å². The van der Waals surface area contributed by atoms with E-state index in [4.69, 9.17) is 16.2 Å². The standard InChI is InChI=1S/C16H23N3O3/c17-14(12-5-8-22-9-6-12)16(21)19-7-4-11-2-1-3-13(10-11)15(18)20/h1-3,10,12,14H,4-9,17H2,(H2,18,20)(H,19,21). The monoisotopic (exact) mass is 305 g/mol. The van der Waals surface area contributed by atoms with Gasteiger partial charge in [0.05, 0.1) is 6.04 Å². The molecule has 1 aliphatic rings. The molecule has 2 amide bonds. The molecule has 0 bridgehead atoms. The van der Waals surface area contributed by atoms with Crippen molar-refractivity contribution in [2.24, 2.45) is 17.4 Å². The summed E-state index contributed by atoms with van der Waals surface area (Å²) in [6.07, 6.45) is 2.29. The first-order valence-corrected chi connectivity index (χ1v) is 7.57. The van der Waals surface area contributed by atoms with E-state index in [1.54, 1.807) is 18.2 Å². The van der Waals surface area contributed by atoms with Gasteiger partial charge in [0.25, 0.3) is 0 Å². The fourth-order valence-electron chi connectivity index (χ4n) is 2.62. The van der Waals surface area contributed by atoms with Gasteiger partial charge in [-0.1, -0.05) is 12.1 Å². The van der Waals surface area contributed by atoms with Crippen LogP contribution in [0.5, 0.6) is 0 Å². The highest BCUT2D eigenvalue weighted by atomic mass is 16.5. The van der Waals surface area contributed by atoms with Crippen LogP contribution in [0.3, 0.4) is 0 Å². The lowest BCUT2D eigenvalue weighted by molar-refractivity contribution is -0.124. The van der Waals surface area contributed by atoms with Crippen molar-refractivity contribution in [3.8, 4) is 0 Å². The minimum Gasteiger partial charge on any atom is -0.381 e. The highest BCUT2D eigenvalue weighted by Gasteiger charge is 2.26. The van der Waals surface area contributed by atoms with Crippen molar-refractivity contribution in [1.82, 2.24) is 5.32 Å². The summed E-state index contributed by atoms with van der Waals surface area (Å²) in [5.41, 5.74) is 12.7. The predicted octanol–water partition coefficient (Wildman–Crippen LogP) is 0.198. The zero-order valence-corrected chi connectivity index (χ0v) is 12.6. The van der Waals surface area contributed by atoms with Crippen LogP contribution < -0.4 is 16.8 Å². The number of primary amides is 1. The van der Waals surface area contributed by atoms with E-state index in [1.807, 2.05) is 6.07 Å². The number of hydrogen-bond acceptors (Lipinski definition) is 4. The smallest absolute Gasteiger partial charge is 0.248 e. The maximum Gasteiger partial charge on any atom is 0.248 e. The van der Waals surface area contributed by atoms with Crippen LogP contribution in [-0.4, -0.2) is 37.6 Å². The SMILES string of the molecule is NC(=O)c1cccc(CCNC(=O)C(N)C2CCOCC2)c1. The normalized spacial score (nSPS) is 17.0. The molecule has 0 aromatic heterocycles. The molecule has 1 fully saturated rings. The fraction of sp³-hybridized carbons (Fsp3) is 0.500. The van der Waals surface area contributed by atoms with Gasteiger partial charge in [-0.15, -0.1) is 0 Å². The molecular weight excluding hydrogens is 282 g/mol. The van der Waals surface area contributed by atoms with Crippen molar-refractivity contribution in [1.29, 1.82) is 0 Å². The number of carbonyl (C=O) groups is 2. The Labute approximate surface area is 130 Å². The summed E-state index contributed by atoms with van der Waals surface area (Å²) in [5, 5.41) is 2.86. The van der Waals surface area contributed by atoms with Crippen molar-refractivity contribution < 1.29 is 14.3 Å². The van der Waals surface area contributed by atoms with Crippen LogP contribution in [0, 0.1) is 5.92 Å². The minimum absolute atomic E-state index is 0.127. The number of amides is 2. The number of carbonyl (C=O) groups excluding carboxylic acids is 2. The van der Waals surface area contributed by atoms with Crippen LogP contribution >= 0.6 is 0 Å². The molecule has 1 atom stereocenters. The van der Waals surface area contributed by atoms with E-state index in [1.165, 1.54) is 0 Å². The third-order valence-corrected chi connectivity index (χ3v) is 4.00. The molecule has 1 unspecified atom stereocenters. The zero-order valence-electron chi connectivity index (χ0n) is 12.6. The number of rotatable bonds is 6. The van der Waals surface area contributed by atoms with Crippen molar-refractivity contribution in [3.05, 3.63) is 35.4 Å². The van der Waals surface area contributed by atoms with Gasteiger partial charge in [0.1, 0.15) is 0 Å². The summed E-state index contributed by atoms with van der Waals surface area (Å²) in [6, 6.07) is 6.61. The van der Waals surface area contributed by atoms with Crippen LogP contribution in [-0.2, 0) is 16.0 Å². The van der Waals surface area contributed by atoms with E-state index in [0.29, 0.717) is 31.7 Å². The molecule has 1 saturated heterocycles. The molecule has 2 rings (SSSR count). The second-order valence-corrected chi connectivity index (χ2v) is 5.58. The number of ether oxygens (including phenoxy) is 1. The average Bonchev–Trinajstić information content (AvgIpc) is 2.55. The molecule has 1 aromatic rings. The molecule has 0 radical (unpaired) electrons. The van der Waals surface area contributed by atoms with Crippen molar-refractivity contribution in [2.45, 2.75) is 25.3 Å². The van der Waals surface area contributed by atoms with Crippen LogP contribution in [0.2, 0.25) is 0 Å². The summed E-state index contributed by atoms with van der Waals surface area (Å²) in [6.45, 7) is 1.83. The molecule has 22 heavy (non-hydrogen) atoms. The van der Waals surface area contributed by atoms with Crippen molar-refractivity contribution in [2.75, 3.05) is 19.8 Å². The van der Waals surface area contributed by atoms with Gasteiger partial charge in [-0.05, 0) is 42.9 Å². The largest absolute Gasteiger partial charge is 0.381 e. The van der Waals surface area contributed by atoms with Gasteiger partial charge in [0, 0.05) is 25.3 Å². The minimum atomic E-state index is -0.485. The van der Waals surface area contributed by atoms with Gasteiger partial charge in [-0.3, -0.25) is 9.59 Å². The number of hydrogen-bond donors (Lipinski definition) is 3. The zero-order chi connectivity index (χ0) is 15.9. The first kappa shape index (κ1) is 16.5. The maximum atomic E-state index is 12.1. The molecule has 1 heterocycles. The summed E-state index contributed by atoms with van der Waals surface area (Å²) in [5.74, 6) is -0.391. The Morgan fingerprint density at radius 2 is 2.05 bits per heavy atom. The number of nitrogens with one attached hydrogen (secondary N) is 1. The summed E-state index contributed by atoms with van der Waals surface area (Å²) < 4.78 is 5.27. The van der Waals surface area contributed by atoms with Gasteiger partial charge in [-0.2, -0.15) is 0 Å².